The summed E-state index contributed by atoms with van der Waals surface area (Å²) in [7, 11) is 1.16. The number of esters is 2. The van der Waals surface area contributed by atoms with Gasteiger partial charge in [0, 0.05) is 46.4 Å². The highest BCUT2D eigenvalue weighted by molar-refractivity contribution is 6.26. The molecule has 3 N–H and O–H groups in total. The second-order valence-corrected chi connectivity index (χ2v) is 12.4. The molecular weight excluding hydrogens is 596 g/mol. The molecular formula is C37H40N4O6. The van der Waals surface area contributed by atoms with Crippen molar-refractivity contribution >= 4 is 29.1 Å². The fourth-order valence-electron chi connectivity index (χ4n) is 7.31. The molecule has 0 aromatic heterocycles. The lowest BCUT2D eigenvalue weighted by Gasteiger charge is -2.26. The lowest BCUT2D eigenvalue weighted by Crippen LogP contribution is -2.44. The summed E-state index contributed by atoms with van der Waals surface area (Å²) in [5.41, 5.74) is 7.44. The maximum atomic E-state index is 13.4. The number of ether oxygens (including phenoxy) is 2. The summed E-state index contributed by atoms with van der Waals surface area (Å²) in [4.78, 5) is 40.9. The first-order valence-electron chi connectivity index (χ1n) is 16.0. The number of carbonyl (C=O) groups excluding carboxylic acids is 2. The number of aliphatic imine (C=N–C) groups is 3. The standard InChI is InChI=1S/C37H40N4O6/c1-9-21-17(4)24-14-26-19(6)23(12-13-30(42)47-11-3)33(40-26)32-34-31(35(43)37(32,45)36(44)46-8)20(7)27(41-34)16-29-22(10-2)18(5)25(39-29)15-28(21)38-24/h9,14-16,19,23,40,43,45H,1,10-13H2,2-8H3. The number of carbonyl (C=O) groups is 2. The van der Waals surface area contributed by atoms with Crippen LogP contribution in [-0.4, -0.2) is 58.6 Å². The molecule has 5 aliphatic heterocycles. The zero-order chi connectivity index (χ0) is 33.9. The van der Waals surface area contributed by atoms with Crippen molar-refractivity contribution in [2.75, 3.05) is 13.7 Å². The largest absolute Gasteiger partial charge is 0.507 e. The molecule has 0 radical (unpaired) electrons. The van der Waals surface area contributed by atoms with Crippen LogP contribution in [0.2, 0.25) is 0 Å². The Hall–Kier alpha value is -4.83. The predicted molar refractivity (Wildman–Crippen MR) is 180 cm³/mol. The highest BCUT2D eigenvalue weighted by atomic mass is 16.5. The van der Waals surface area contributed by atoms with Crippen LogP contribution in [0.3, 0.4) is 0 Å². The first kappa shape index (κ1) is 32.1. The van der Waals surface area contributed by atoms with Crippen molar-refractivity contribution in [3.8, 4) is 0 Å². The molecule has 244 valence electrons. The highest BCUT2D eigenvalue weighted by Gasteiger charge is 2.59. The molecule has 6 aliphatic rings. The number of fused-ring (bicyclic) bond motifs is 5. The van der Waals surface area contributed by atoms with Crippen LogP contribution in [-0.2, 0) is 19.1 Å². The van der Waals surface area contributed by atoms with Crippen LogP contribution in [0.1, 0.15) is 60.8 Å². The fourth-order valence-corrected chi connectivity index (χ4v) is 7.31. The molecule has 0 spiro atoms. The Morgan fingerprint density at radius 3 is 2.40 bits per heavy atom. The van der Waals surface area contributed by atoms with Crippen LogP contribution in [0, 0.1) is 11.8 Å². The molecule has 0 saturated carbocycles. The summed E-state index contributed by atoms with van der Waals surface area (Å²) in [5.74, 6) is -2.53. The Morgan fingerprint density at radius 1 is 1.04 bits per heavy atom. The van der Waals surface area contributed by atoms with E-state index in [-0.39, 0.29) is 47.7 Å². The van der Waals surface area contributed by atoms with Gasteiger partial charge in [-0.3, -0.25) is 4.79 Å². The molecule has 0 amide bonds. The Labute approximate surface area is 274 Å². The third kappa shape index (κ3) is 4.76. The van der Waals surface area contributed by atoms with Crippen LogP contribution in [0.25, 0.3) is 0 Å². The molecule has 3 atom stereocenters. The van der Waals surface area contributed by atoms with E-state index in [1.54, 1.807) is 19.9 Å². The first-order valence-corrected chi connectivity index (χ1v) is 16.0. The van der Waals surface area contributed by atoms with Gasteiger partial charge in [-0.1, -0.05) is 26.5 Å². The Balaban J connectivity index is 1.67. The van der Waals surface area contributed by atoms with Gasteiger partial charge in [-0.25, -0.2) is 19.8 Å². The van der Waals surface area contributed by atoms with Crippen LogP contribution >= 0.6 is 0 Å². The quantitative estimate of drug-likeness (QED) is 0.304. The lowest BCUT2D eigenvalue weighted by atomic mass is 9.83. The van der Waals surface area contributed by atoms with Gasteiger partial charge in [0.25, 0.3) is 0 Å². The van der Waals surface area contributed by atoms with Crippen molar-refractivity contribution in [3.05, 3.63) is 104 Å². The molecule has 1 saturated heterocycles. The normalized spacial score (nSPS) is 26.3. The summed E-state index contributed by atoms with van der Waals surface area (Å²) < 4.78 is 10.3. The fraction of sp³-hybridized carbons (Fsp3) is 0.378. The third-order valence-corrected chi connectivity index (χ3v) is 9.95. The second kappa shape index (κ2) is 11.8. The minimum absolute atomic E-state index is 0.104. The molecule has 1 fully saturated rings. The zero-order valence-corrected chi connectivity index (χ0v) is 27.9. The van der Waals surface area contributed by atoms with Gasteiger partial charge in [-0.05, 0) is 81.1 Å². The van der Waals surface area contributed by atoms with Gasteiger partial charge in [0.1, 0.15) is 0 Å². The Morgan fingerprint density at radius 2 is 1.74 bits per heavy atom. The van der Waals surface area contributed by atoms with Crippen LogP contribution < -0.4 is 5.32 Å². The van der Waals surface area contributed by atoms with Gasteiger partial charge in [-0.15, -0.1) is 0 Å². The van der Waals surface area contributed by atoms with E-state index in [4.69, 9.17) is 24.5 Å². The molecule has 10 heteroatoms. The number of aliphatic hydroxyl groups is 2. The number of hydrogen-bond acceptors (Lipinski definition) is 10. The predicted octanol–water partition coefficient (Wildman–Crippen LogP) is 5.70. The summed E-state index contributed by atoms with van der Waals surface area (Å²) >= 11 is 0. The molecule has 1 aliphatic carbocycles. The number of aliphatic hydroxyl groups excluding tert-OH is 1. The van der Waals surface area contributed by atoms with E-state index in [0.717, 1.165) is 64.3 Å². The smallest absolute Gasteiger partial charge is 0.350 e. The van der Waals surface area contributed by atoms with Gasteiger partial charge in [0.05, 0.1) is 47.9 Å². The average Bonchev–Trinajstić information content (AvgIpc) is 3.76. The van der Waals surface area contributed by atoms with Gasteiger partial charge < -0.3 is 25.0 Å². The van der Waals surface area contributed by atoms with Gasteiger partial charge in [-0.2, -0.15) is 0 Å². The first-order chi connectivity index (χ1) is 22.4. The highest BCUT2D eigenvalue weighted by Crippen LogP contribution is 2.50. The van der Waals surface area contributed by atoms with Crippen LogP contribution in [0.4, 0.5) is 0 Å². The van der Waals surface area contributed by atoms with Gasteiger partial charge in [0.2, 0.25) is 5.60 Å². The molecule has 10 nitrogen and oxygen atoms in total. The van der Waals surface area contributed by atoms with Gasteiger partial charge >= 0.3 is 11.9 Å². The number of methoxy groups -OCH3 is 1. The van der Waals surface area contributed by atoms with E-state index >= 15 is 0 Å². The monoisotopic (exact) mass is 636 g/mol. The minimum Gasteiger partial charge on any atom is -0.507 e. The van der Waals surface area contributed by atoms with Crippen molar-refractivity contribution in [1.29, 1.82) is 0 Å². The summed E-state index contributed by atoms with van der Waals surface area (Å²) in [6.07, 6.45) is 8.81. The van der Waals surface area contributed by atoms with E-state index in [2.05, 4.69) is 18.8 Å². The second-order valence-electron chi connectivity index (χ2n) is 12.4. The van der Waals surface area contributed by atoms with Crippen molar-refractivity contribution in [2.45, 2.75) is 66.4 Å². The van der Waals surface area contributed by atoms with Gasteiger partial charge in [0.15, 0.2) is 5.76 Å². The van der Waals surface area contributed by atoms with E-state index < -0.39 is 17.3 Å². The number of nitrogens with zero attached hydrogens (tertiary/aromatic N) is 3. The third-order valence-electron chi connectivity index (χ3n) is 9.95. The van der Waals surface area contributed by atoms with Crippen LogP contribution in [0.5, 0.6) is 0 Å². The molecule has 0 aromatic carbocycles. The van der Waals surface area contributed by atoms with Crippen molar-refractivity contribution in [3.63, 3.8) is 0 Å². The SMILES string of the molecule is C=CC1=C(C)C2=NC1=CC1=NC(=CC3=C(C)C4=C(O)C(O)(C(=O)OC)C(=C5NC(=C2)C(C)C5CCC(=O)OCC)C4=N3)C(CC)=C1C. The molecule has 3 unspecified atom stereocenters. The Bertz CT molecular complexity index is 1900. The minimum atomic E-state index is -2.52. The molecule has 47 heavy (non-hydrogen) atoms. The zero-order valence-electron chi connectivity index (χ0n) is 27.9. The Kier molecular flexibility index (Phi) is 8.04. The number of hydrogen-bond donors (Lipinski definition) is 3. The molecule has 8 bridgehead atoms. The van der Waals surface area contributed by atoms with E-state index in [0.29, 0.717) is 23.4 Å². The van der Waals surface area contributed by atoms with Crippen LogP contribution in [0.15, 0.2) is 119 Å². The summed E-state index contributed by atoms with van der Waals surface area (Å²) in [6.45, 7) is 16.0. The van der Waals surface area contributed by atoms with E-state index in [1.807, 2.05) is 39.0 Å². The number of nitrogens with one attached hydrogen (secondary N) is 1. The number of allylic oxidation sites excluding steroid dienone is 11. The maximum Gasteiger partial charge on any atom is 0.350 e. The molecule has 6 rings (SSSR count). The topological polar surface area (TPSA) is 142 Å². The maximum absolute atomic E-state index is 13.4. The lowest BCUT2D eigenvalue weighted by molar-refractivity contribution is -0.156. The molecule has 5 heterocycles. The van der Waals surface area contributed by atoms with Crippen molar-refractivity contribution in [2.24, 2.45) is 26.8 Å². The number of rotatable bonds is 7. The van der Waals surface area contributed by atoms with E-state index in [1.165, 1.54) is 0 Å². The molecule has 0 aromatic rings. The average molecular weight is 637 g/mol. The summed E-state index contributed by atoms with van der Waals surface area (Å²) in [6, 6.07) is 0. The van der Waals surface area contributed by atoms with Crippen molar-refractivity contribution in [1.82, 2.24) is 5.32 Å². The van der Waals surface area contributed by atoms with E-state index in [9.17, 15) is 19.8 Å². The summed E-state index contributed by atoms with van der Waals surface area (Å²) in [5, 5.41) is 27.3. The van der Waals surface area contributed by atoms with Crippen molar-refractivity contribution < 1.29 is 29.3 Å².